The predicted octanol–water partition coefficient (Wildman–Crippen LogP) is 2.95. The van der Waals surface area contributed by atoms with Crippen molar-refractivity contribution >= 4 is 11.7 Å². The molecule has 0 saturated heterocycles. The molecule has 128 valence electrons. The lowest BCUT2D eigenvalue weighted by Gasteiger charge is -2.21. The van der Waals surface area contributed by atoms with E-state index in [2.05, 4.69) is 5.32 Å². The van der Waals surface area contributed by atoms with Crippen LogP contribution in [0.3, 0.4) is 0 Å². The Morgan fingerprint density at radius 1 is 1.17 bits per heavy atom. The van der Waals surface area contributed by atoms with Crippen LogP contribution in [0.15, 0.2) is 54.6 Å². The third kappa shape index (κ3) is 5.57. The zero-order chi connectivity index (χ0) is 17.4. The van der Waals surface area contributed by atoms with Crippen molar-refractivity contribution < 1.29 is 19.4 Å². The lowest BCUT2D eigenvalue weighted by Crippen LogP contribution is -2.38. The summed E-state index contributed by atoms with van der Waals surface area (Å²) in [7, 11) is 3.11. The number of nitrogens with zero attached hydrogens (tertiary/aromatic N) is 1. The standard InChI is InChI=1S/C18H22N2O4/c1-20(12-15(21)13-23-2)18(22)19-14-7-6-10-17(11-14)24-16-8-4-3-5-9-16/h3-11,15,21H,12-13H2,1-2H3,(H,19,22). The average molecular weight is 330 g/mol. The minimum Gasteiger partial charge on any atom is -0.457 e. The third-order valence-electron chi connectivity index (χ3n) is 3.25. The molecular weight excluding hydrogens is 308 g/mol. The zero-order valence-electron chi connectivity index (χ0n) is 13.8. The van der Waals surface area contributed by atoms with E-state index in [1.807, 2.05) is 36.4 Å². The van der Waals surface area contributed by atoms with Gasteiger partial charge in [0.25, 0.3) is 0 Å². The van der Waals surface area contributed by atoms with E-state index in [1.54, 1.807) is 25.2 Å². The van der Waals surface area contributed by atoms with Gasteiger partial charge < -0.3 is 24.8 Å². The van der Waals surface area contributed by atoms with Gasteiger partial charge in [0.1, 0.15) is 11.5 Å². The van der Waals surface area contributed by atoms with Crippen LogP contribution in [-0.4, -0.2) is 49.5 Å². The van der Waals surface area contributed by atoms with Crippen molar-refractivity contribution in [2.75, 3.05) is 32.6 Å². The molecule has 6 nitrogen and oxygen atoms in total. The fourth-order valence-electron chi connectivity index (χ4n) is 2.12. The summed E-state index contributed by atoms with van der Waals surface area (Å²) in [6.07, 6.45) is -0.724. The van der Waals surface area contributed by atoms with Crippen LogP contribution in [0, 0.1) is 0 Å². The van der Waals surface area contributed by atoms with E-state index in [4.69, 9.17) is 9.47 Å². The fourth-order valence-corrected chi connectivity index (χ4v) is 2.12. The molecule has 1 unspecified atom stereocenters. The maximum absolute atomic E-state index is 12.1. The molecule has 6 heteroatoms. The van der Waals surface area contributed by atoms with E-state index in [9.17, 15) is 9.90 Å². The largest absolute Gasteiger partial charge is 0.457 e. The third-order valence-corrected chi connectivity index (χ3v) is 3.25. The van der Waals surface area contributed by atoms with Gasteiger partial charge in [0.2, 0.25) is 0 Å². The monoisotopic (exact) mass is 330 g/mol. The first-order chi connectivity index (χ1) is 11.6. The Morgan fingerprint density at radius 2 is 1.88 bits per heavy atom. The van der Waals surface area contributed by atoms with E-state index in [-0.39, 0.29) is 19.2 Å². The molecule has 2 N–H and O–H groups in total. The van der Waals surface area contributed by atoms with E-state index in [0.29, 0.717) is 11.4 Å². The highest BCUT2D eigenvalue weighted by atomic mass is 16.5. The molecule has 0 saturated carbocycles. The first kappa shape index (κ1) is 17.8. The van der Waals surface area contributed by atoms with Gasteiger partial charge in [-0.15, -0.1) is 0 Å². The summed E-state index contributed by atoms with van der Waals surface area (Å²) in [6.45, 7) is 0.359. The van der Waals surface area contributed by atoms with Crippen LogP contribution in [0.25, 0.3) is 0 Å². The number of hydrogen-bond acceptors (Lipinski definition) is 4. The quantitative estimate of drug-likeness (QED) is 0.819. The Balaban J connectivity index is 1.95. The first-order valence-electron chi connectivity index (χ1n) is 7.60. The Labute approximate surface area is 141 Å². The molecule has 2 amide bonds. The van der Waals surface area contributed by atoms with Gasteiger partial charge >= 0.3 is 6.03 Å². The van der Waals surface area contributed by atoms with Crippen molar-refractivity contribution in [2.45, 2.75) is 6.10 Å². The molecule has 0 aliphatic rings. The van der Waals surface area contributed by atoms with Crippen molar-refractivity contribution in [3.05, 3.63) is 54.6 Å². The molecule has 0 aliphatic heterocycles. The minimum atomic E-state index is -0.724. The number of methoxy groups -OCH3 is 1. The number of carbonyl (C=O) groups excluding carboxylic acids is 1. The molecule has 0 aliphatic carbocycles. The summed E-state index contributed by atoms with van der Waals surface area (Å²) in [6, 6.07) is 16.2. The van der Waals surface area contributed by atoms with Crippen LogP contribution < -0.4 is 10.1 Å². The predicted molar refractivity (Wildman–Crippen MR) is 92.5 cm³/mol. The molecule has 2 rings (SSSR count). The SMILES string of the molecule is COCC(O)CN(C)C(=O)Nc1cccc(Oc2ccccc2)c1. The molecular formula is C18H22N2O4. The summed E-state index contributed by atoms with van der Waals surface area (Å²) in [5.41, 5.74) is 0.613. The molecule has 0 radical (unpaired) electrons. The van der Waals surface area contributed by atoms with Gasteiger partial charge in [0, 0.05) is 25.9 Å². The molecule has 1 atom stereocenters. The van der Waals surface area contributed by atoms with Crippen molar-refractivity contribution in [3.8, 4) is 11.5 Å². The molecule has 2 aromatic rings. The van der Waals surface area contributed by atoms with E-state index >= 15 is 0 Å². The van der Waals surface area contributed by atoms with Crippen molar-refractivity contribution in [1.29, 1.82) is 0 Å². The number of benzene rings is 2. The Bertz CT molecular complexity index is 648. The topological polar surface area (TPSA) is 71.0 Å². The van der Waals surface area contributed by atoms with Crippen LogP contribution in [0.4, 0.5) is 10.5 Å². The number of carbonyl (C=O) groups is 1. The smallest absolute Gasteiger partial charge is 0.321 e. The molecule has 2 aromatic carbocycles. The first-order valence-corrected chi connectivity index (χ1v) is 7.60. The summed E-state index contributed by atoms with van der Waals surface area (Å²) < 4.78 is 10.6. The van der Waals surface area contributed by atoms with Crippen molar-refractivity contribution in [2.24, 2.45) is 0 Å². The van der Waals surface area contributed by atoms with Gasteiger partial charge in [-0.05, 0) is 24.3 Å². The number of nitrogens with one attached hydrogen (secondary N) is 1. The average Bonchev–Trinajstić information content (AvgIpc) is 2.56. The number of hydrogen-bond donors (Lipinski definition) is 2. The summed E-state index contributed by atoms with van der Waals surface area (Å²) in [5.74, 6) is 1.35. The second-order valence-corrected chi connectivity index (χ2v) is 5.36. The maximum atomic E-state index is 12.1. The van der Waals surface area contributed by atoms with Crippen molar-refractivity contribution in [1.82, 2.24) is 4.90 Å². The number of urea groups is 1. The second-order valence-electron chi connectivity index (χ2n) is 5.36. The summed E-state index contributed by atoms with van der Waals surface area (Å²) in [4.78, 5) is 13.5. The van der Waals surface area contributed by atoms with Gasteiger partial charge in [0.15, 0.2) is 0 Å². The summed E-state index contributed by atoms with van der Waals surface area (Å²) >= 11 is 0. The van der Waals surface area contributed by atoms with E-state index in [1.165, 1.54) is 12.0 Å². The van der Waals surface area contributed by atoms with Gasteiger partial charge in [-0.1, -0.05) is 24.3 Å². The summed E-state index contributed by atoms with van der Waals surface area (Å²) in [5, 5.41) is 12.4. The fraction of sp³-hybridized carbons (Fsp3) is 0.278. The molecule has 0 spiro atoms. The van der Waals surface area contributed by atoms with Gasteiger partial charge in [0.05, 0.1) is 19.3 Å². The van der Waals surface area contributed by atoms with Crippen LogP contribution >= 0.6 is 0 Å². The van der Waals surface area contributed by atoms with Gasteiger partial charge in [-0.2, -0.15) is 0 Å². The highest BCUT2D eigenvalue weighted by Gasteiger charge is 2.13. The molecule has 0 bridgehead atoms. The highest BCUT2D eigenvalue weighted by Crippen LogP contribution is 2.23. The maximum Gasteiger partial charge on any atom is 0.321 e. The van der Waals surface area contributed by atoms with E-state index in [0.717, 1.165) is 5.75 Å². The number of ether oxygens (including phenoxy) is 2. The van der Waals surface area contributed by atoms with E-state index < -0.39 is 6.10 Å². The number of amides is 2. The van der Waals surface area contributed by atoms with Gasteiger partial charge in [-0.25, -0.2) is 4.79 Å². The second kappa shape index (κ2) is 8.90. The molecule has 0 aromatic heterocycles. The zero-order valence-corrected chi connectivity index (χ0v) is 13.8. The van der Waals surface area contributed by atoms with Gasteiger partial charge in [-0.3, -0.25) is 0 Å². The van der Waals surface area contributed by atoms with Crippen LogP contribution in [0.1, 0.15) is 0 Å². The Kier molecular flexibility index (Phi) is 6.60. The molecule has 0 fully saturated rings. The Morgan fingerprint density at radius 3 is 2.58 bits per heavy atom. The number of aliphatic hydroxyl groups is 1. The number of para-hydroxylation sites is 1. The number of likely N-dealkylation sites (N-methyl/N-ethyl adjacent to an activating group) is 1. The highest BCUT2D eigenvalue weighted by molar-refractivity contribution is 5.89. The lowest BCUT2D eigenvalue weighted by atomic mass is 10.3. The van der Waals surface area contributed by atoms with Crippen LogP contribution in [0.5, 0.6) is 11.5 Å². The number of rotatable bonds is 7. The minimum absolute atomic E-state index is 0.179. The molecule has 24 heavy (non-hydrogen) atoms. The van der Waals surface area contributed by atoms with Crippen LogP contribution in [-0.2, 0) is 4.74 Å². The molecule has 0 heterocycles. The normalized spacial score (nSPS) is 11.6. The lowest BCUT2D eigenvalue weighted by molar-refractivity contribution is 0.0501. The Hall–Kier alpha value is -2.57. The number of aliphatic hydroxyl groups excluding tert-OH is 1. The van der Waals surface area contributed by atoms with Crippen molar-refractivity contribution in [3.63, 3.8) is 0 Å². The van der Waals surface area contributed by atoms with Crippen LogP contribution in [0.2, 0.25) is 0 Å². The number of anilines is 1.